The summed E-state index contributed by atoms with van der Waals surface area (Å²) in [4.78, 5) is 1.94. The van der Waals surface area contributed by atoms with Crippen molar-refractivity contribution in [3.05, 3.63) is 142 Å². The second-order valence-corrected chi connectivity index (χ2v) is 18.4. The Morgan fingerprint density at radius 3 is 2.29 bits per heavy atom. The number of nitrogens with one attached hydrogen (secondary N) is 1. The zero-order chi connectivity index (χ0) is 41.1. The molecule has 0 unspecified atom stereocenters. The van der Waals surface area contributed by atoms with E-state index in [1.165, 1.54) is 18.2 Å². The van der Waals surface area contributed by atoms with Gasteiger partial charge in [0.25, 0.3) is 20.2 Å². The molecule has 3 N–H and O–H groups in total. The molecule has 0 fully saturated rings. The Morgan fingerprint density at radius 1 is 0.982 bits per heavy atom. The number of rotatable bonds is 15. The molecule has 1 aliphatic carbocycles. The van der Waals surface area contributed by atoms with E-state index in [0.29, 0.717) is 18.7 Å². The molecule has 0 spiro atoms. The molecule has 0 radical (unpaired) electrons. The Bertz CT molecular complexity index is 2350. The van der Waals surface area contributed by atoms with Gasteiger partial charge in [0.05, 0.1) is 16.3 Å². The Balaban J connectivity index is 1.59. The Labute approximate surface area is 332 Å². The molecule has 56 heavy (non-hydrogen) atoms. The summed E-state index contributed by atoms with van der Waals surface area (Å²) in [6.45, 7) is 17.6. The fourth-order valence-electron chi connectivity index (χ4n) is 7.45. The number of nitrogens with zero attached hydrogens (tertiary/aromatic N) is 2. The van der Waals surface area contributed by atoms with Crippen molar-refractivity contribution in [1.29, 1.82) is 5.53 Å². The highest BCUT2D eigenvalue weighted by atomic mass is 32.2. The van der Waals surface area contributed by atoms with Gasteiger partial charge in [0, 0.05) is 28.8 Å². The highest BCUT2D eigenvalue weighted by Gasteiger charge is 2.40. The molecule has 0 saturated heterocycles. The molecule has 12 heteroatoms. The van der Waals surface area contributed by atoms with Crippen molar-refractivity contribution >= 4 is 25.9 Å². The van der Waals surface area contributed by atoms with Gasteiger partial charge in [-0.2, -0.15) is 21.9 Å². The van der Waals surface area contributed by atoms with Crippen LogP contribution in [0.4, 0.5) is 5.69 Å². The van der Waals surface area contributed by atoms with Crippen LogP contribution in [0.25, 0.3) is 0 Å². The first-order valence-corrected chi connectivity index (χ1v) is 21.8. The average Bonchev–Trinajstić information content (AvgIpc) is 3.35. The number of ether oxygens (including phenoxy) is 1. The predicted molar refractivity (Wildman–Crippen MR) is 222 cm³/mol. The SMILES string of the molecule is C=C(/C=C/C1=C(Oc2ccc(CCN=N)cc2)C(=C/C=C2/N(CCCC)c3ccc(S(=O)(=O)O)cc3C2(C)C)/CCC1)C(C)(C)c1cc(S(=O)(=O)O)ccc1C. The maximum Gasteiger partial charge on any atom is 0.294 e. The van der Waals surface area contributed by atoms with Gasteiger partial charge in [-0.15, -0.1) is 0 Å². The predicted octanol–water partition coefficient (Wildman–Crippen LogP) is 10.4. The van der Waals surface area contributed by atoms with E-state index in [4.69, 9.17) is 10.3 Å². The van der Waals surface area contributed by atoms with Crippen LogP contribution in [0.1, 0.15) is 89.0 Å². The number of unbranched alkanes of at least 4 members (excludes halogenated alkanes) is 1. The topological polar surface area (TPSA) is 157 Å². The van der Waals surface area contributed by atoms with Gasteiger partial charge in [0.2, 0.25) is 0 Å². The summed E-state index contributed by atoms with van der Waals surface area (Å²) in [5.74, 6) is 1.38. The molecule has 10 nitrogen and oxygen atoms in total. The van der Waals surface area contributed by atoms with Crippen molar-refractivity contribution in [3.63, 3.8) is 0 Å². The number of fused-ring (bicyclic) bond motifs is 1. The van der Waals surface area contributed by atoms with Gasteiger partial charge in [-0.3, -0.25) is 9.11 Å². The van der Waals surface area contributed by atoms with E-state index in [1.807, 2.05) is 57.2 Å². The van der Waals surface area contributed by atoms with Crippen LogP contribution in [0, 0.1) is 12.5 Å². The monoisotopic (exact) mass is 799 g/mol. The molecule has 1 aliphatic heterocycles. The van der Waals surface area contributed by atoms with Gasteiger partial charge >= 0.3 is 0 Å². The van der Waals surface area contributed by atoms with E-state index in [0.717, 1.165) is 94.8 Å². The quantitative estimate of drug-likeness (QED) is 0.0779. The fourth-order valence-corrected chi connectivity index (χ4v) is 8.46. The van der Waals surface area contributed by atoms with E-state index in [1.54, 1.807) is 18.2 Å². The second kappa shape index (κ2) is 16.9. The third-order valence-electron chi connectivity index (χ3n) is 10.9. The Morgan fingerprint density at radius 2 is 1.64 bits per heavy atom. The molecule has 3 aromatic rings. The fraction of sp³-hybridized carbons (Fsp3) is 0.364. The van der Waals surface area contributed by atoms with Crippen molar-refractivity contribution in [1.82, 2.24) is 0 Å². The molecular weight excluding hydrogens is 747 g/mol. The molecule has 0 atom stereocenters. The van der Waals surface area contributed by atoms with Crippen molar-refractivity contribution in [3.8, 4) is 5.75 Å². The molecule has 3 aromatic carbocycles. The molecule has 5 rings (SSSR count). The van der Waals surface area contributed by atoms with Crippen LogP contribution in [0.3, 0.4) is 0 Å². The molecule has 0 bridgehead atoms. The lowest BCUT2D eigenvalue weighted by atomic mass is 9.76. The van der Waals surface area contributed by atoms with Gasteiger partial charge in [0.1, 0.15) is 11.5 Å². The van der Waals surface area contributed by atoms with Crippen LogP contribution in [-0.4, -0.2) is 39.0 Å². The van der Waals surface area contributed by atoms with Gasteiger partial charge in [0.15, 0.2) is 0 Å². The highest BCUT2D eigenvalue weighted by Crippen LogP contribution is 2.49. The number of benzene rings is 3. The highest BCUT2D eigenvalue weighted by molar-refractivity contribution is 7.86. The van der Waals surface area contributed by atoms with E-state index in [2.05, 4.69) is 49.5 Å². The van der Waals surface area contributed by atoms with E-state index in [9.17, 15) is 25.9 Å². The zero-order valence-corrected chi connectivity index (χ0v) is 34.7. The van der Waals surface area contributed by atoms with E-state index >= 15 is 0 Å². The molecule has 0 amide bonds. The number of hydrogen-bond donors (Lipinski definition) is 3. The van der Waals surface area contributed by atoms with Crippen LogP contribution >= 0.6 is 0 Å². The third-order valence-corrected chi connectivity index (χ3v) is 12.6. The summed E-state index contributed by atoms with van der Waals surface area (Å²) in [5.41, 5.74) is 14.0. The summed E-state index contributed by atoms with van der Waals surface area (Å²) in [7, 11) is -8.78. The van der Waals surface area contributed by atoms with E-state index in [-0.39, 0.29) is 9.79 Å². The standard InChI is InChI=1S/C44H53N3O7S2/c1-8-9-27-47-40-23-22-37(56(51,52)53)29-39(40)44(6,7)41(47)24-18-34-12-10-11-33(42(34)54-35-19-15-32(16-20-35)25-26-46-45)17-14-31(3)43(4,5)38-28-36(55(48,49)50)21-13-30(38)2/h13-24,28-29,45H,3,8-12,25-27H2,1-2,4-7H3,(H,48,49,50)(H,51,52,53)/b17-14+,34-18+,41-24+,46-45?. The first kappa shape index (κ1) is 42.5. The minimum atomic E-state index is -4.39. The van der Waals surface area contributed by atoms with Crippen LogP contribution in [-0.2, 0) is 37.5 Å². The van der Waals surface area contributed by atoms with Crippen molar-refractivity contribution in [2.24, 2.45) is 5.11 Å². The largest absolute Gasteiger partial charge is 0.457 e. The lowest BCUT2D eigenvalue weighted by molar-refractivity contribution is 0.415. The second-order valence-electron chi connectivity index (χ2n) is 15.5. The first-order chi connectivity index (χ1) is 26.3. The average molecular weight is 800 g/mol. The lowest BCUT2D eigenvalue weighted by Gasteiger charge is -2.29. The van der Waals surface area contributed by atoms with Crippen molar-refractivity contribution < 1.29 is 30.7 Å². The molecule has 0 aromatic heterocycles. The molecule has 2 aliphatic rings. The van der Waals surface area contributed by atoms with E-state index < -0.39 is 31.1 Å². The molecule has 0 saturated carbocycles. The van der Waals surface area contributed by atoms with Crippen LogP contribution in [0.2, 0.25) is 0 Å². The third kappa shape index (κ3) is 9.32. The summed E-state index contributed by atoms with van der Waals surface area (Å²) in [6.07, 6.45) is 13.1. The first-order valence-electron chi connectivity index (χ1n) is 18.9. The minimum Gasteiger partial charge on any atom is -0.457 e. The molecule has 298 valence electrons. The zero-order valence-electron chi connectivity index (χ0n) is 33.1. The van der Waals surface area contributed by atoms with Gasteiger partial charge in [-0.05, 0) is 127 Å². The smallest absolute Gasteiger partial charge is 0.294 e. The number of anilines is 1. The number of aryl methyl sites for hydroxylation is 1. The Hall–Kier alpha value is -4.62. The Kier molecular flexibility index (Phi) is 12.8. The molecule has 1 heterocycles. The summed E-state index contributed by atoms with van der Waals surface area (Å²) >= 11 is 0. The summed E-state index contributed by atoms with van der Waals surface area (Å²) < 4.78 is 74.6. The van der Waals surface area contributed by atoms with Gasteiger partial charge in [-0.25, -0.2) is 5.53 Å². The van der Waals surface area contributed by atoms with Crippen LogP contribution in [0.5, 0.6) is 5.75 Å². The summed E-state index contributed by atoms with van der Waals surface area (Å²) in [5, 5.41) is 3.48. The maximum absolute atomic E-state index is 12.1. The van der Waals surface area contributed by atoms with Crippen LogP contribution < -0.4 is 9.64 Å². The maximum atomic E-state index is 12.1. The van der Waals surface area contributed by atoms with Gasteiger partial charge < -0.3 is 9.64 Å². The minimum absolute atomic E-state index is 0.132. The number of allylic oxidation sites excluding steroid dienone is 8. The van der Waals surface area contributed by atoms with Gasteiger partial charge in [-0.1, -0.05) is 84.0 Å². The summed E-state index contributed by atoms with van der Waals surface area (Å²) in [6, 6.07) is 17.2. The normalized spacial score (nSPS) is 17.5. The van der Waals surface area contributed by atoms with Crippen molar-refractivity contribution in [2.75, 3.05) is 18.0 Å². The lowest BCUT2D eigenvalue weighted by Crippen LogP contribution is -2.27. The molecular formula is C44H53N3O7S2. The number of hydrogen-bond acceptors (Lipinski definition) is 8. The van der Waals surface area contributed by atoms with Crippen LogP contribution in [0.15, 0.2) is 135 Å². The van der Waals surface area contributed by atoms with Crippen molar-refractivity contribution in [2.45, 2.75) is 101 Å².